The van der Waals surface area contributed by atoms with Gasteiger partial charge in [-0.1, -0.05) is 23.2 Å². The van der Waals surface area contributed by atoms with Crippen molar-refractivity contribution < 1.29 is 4.79 Å². The van der Waals surface area contributed by atoms with Crippen molar-refractivity contribution in [1.29, 1.82) is 0 Å². The summed E-state index contributed by atoms with van der Waals surface area (Å²) in [7, 11) is 0. The summed E-state index contributed by atoms with van der Waals surface area (Å²) in [6.45, 7) is 6.81. The molecule has 1 saturated heterocycles. The van der Waals surface area contributed by atoms with E-state index in [0.29, 0.717) is 16.2 Å². The largest absolute Gasteiger partial charge is 0.368 e. The van der Waals surface area contributed by atoms with Crippen molar-refractivity contribution in [2.45, 2.75) is 45.1 Å². The third kappa shape index (κ3) is 5.24. The summed E-state index contributed by atoms with van der Waals surface area (Å²) in [5.74, 6) is 0.897. The zero-order valence-electron chi connectivity index (χ0n) is 15.4. The summed E-state index contributed by atoms with van der Waals surface area (Å²) < 4.78 is 0. The Morgan fingerprint density at radius 2 is 1.88 bits per heavy atom. The molecule has 0 aromatic carbocycles. The summed E-state index contributed by atoms with van der Waals surface area (Å²) in [5, 5.41) is 3.99. The molecule has 1 aliphatic carbocycles. The SMILES string of the molecule is CC(=O)NC1CCC(CCN2CCN(c3ccnc(Cl)c3Cl)CC2)CC1. The van der Waals surface area contributed by atoms with Crippen molar-refractivity contribution in [2.24, 2.45) is 5.92 Å². The molecule has 7 heteroatoms. The molecule has 144 valence electrons. The van der Waals surface area contributed by atoms with E-state index in [9.17, 15) is 4.79 Å². The molecule has 26 heavy (non-hydrogen) atoms. The van der Waals surface area contributed by atoms with Gasteiger partial charge in [0.05, 0.1) is 5.69 Å². The number of piperazine rings is 1. The fourth-order valence-corrected chi connectivity index (χ4v) is 4.50. The Bertz CT molecular complexity index is 612. The molecule has 0 unspecified atom stereocenters. The van der Waals surface area contributed by atoms with E-state index in [1.165, 1.54) is 19.3 Å². The molecule has 2 heterocycles. The van der Waals surface area contributed by atoms with E-state index < -0.39 is 0 Å². The second-order valence-corrected chi connectivity index (χ2v) is 8.21. The molecule has 0 atom stereocenters. The maximum atomic E-state index is 11.2. The second-order valence-electron chi connectivity index (χ2n) is 7.47. The maximum Gasteiger partial charge on any atom is 0.217 e. The highest BCUT2D eigenvalue weighted by atomic mass is 35.5. The van der Waals surface area contributed by atoms with Crippen LogP contribution in [0.15, 0.2) is 12.3 Å². The van der Waals surface area contributed by atoms with Gasteiger partial charge in [0.1, 0.15) is 10.2 Å². The Morgan fingerprint density at radius 1 is 1.19 bits per heavy atom. The molecule has 2 fully saturated rings. The minimum Gasteiger partial charge on any atom is -0.368 e. The van der Waals surface area contributed by atoms with Crippen LogP contribution in [0.5, 0.6) is 0 Å². The number of hydrogen-bond donors (Lipinski definition) is 1. The highest BCUT2D eigenvalue weighted by Crippen LogP contribution is 2.31. The lowest BCUT2D eigenvalue weighted by Gasteiger charge is -2.37. The van der Waals surface area contributed by atoms with Gasteiger partial charge in [-0.25, -0.2) is 4.98 Å². The number of anilines is 1. The van der Waals surface area contributed by atoms with Crippen molar-refractivity contribution in [1.82, 2.24) is 15.2 Å². The summed E-state index contributed by atoms with van der Waals surface area (Å²) in [5.41, 5.74) is 0.989. The van der Waals surface area contributed by atoms with Crippen LogP contribution in [-0.2, 0) is 4.79 Å². The Hall–Kier alpha value is -1.04. The molecule has 3 rings (SSSR count). The number of hydrogen-bond acceptors (Lipinski definition) is 4. The molecule has 1 N–H and O–H groups in total. The fraction of sp³-hybridized carbons (Fsp3) is 0.684. The minimum atomic E-state index is 0.0990. The molecule has 1 aliphatic heterocycles. The highest BCUT2D eigenvalue weighted by Gasteiger charge is 2.24. The van der Waals surface area contributed by atoms with Gasteiger partial charge in [-0.15, -0.1) is 0 Å². The van der Waals surface area contributed by atoms with Gasteiger partial charge in [0.15, 0.2) is 0 Å². The van der Waals surface area contributed by atoms with E-state index in [2.05, 4.69) is 20.1 Å². The first kappa shape index (κ1) is 19.7. The number of nitrogens with one attached hydrogen (secondary N) is 1. The maximum absolute atomic E-state index is 11.2. The number of pyridine rings is 1. The van der Waals surface area contributed by atoms with Gasteiger partial charge < -0.3 is 10.2 Å². The molecule has 1 aromatic rings. The van der Waals surface area contributed by atoms with Gasteiger partial charge in [0, 0.05) is 45.3 Å². The normalized spacial score (nSPS) is 24.5. The molecule has 0 radical (unpaired) electrons. The number of rotatable bonds is 5. The molecule has 0 spiro atoms. The van der Waals surface area contributed by atoms with Gasteiger partial charge in [-0.2, -0.15) is 0 Å². The van der Waals surface area contributed by atoms with E-state index in [1.54, 1.807) is 13.1 Å². The molecular formula is C19H28Cl2N4O. The number of nitrogens with zero attached hydrogens (tertiary/aromatic N) is 3. The molecule has 2 aliphatic rings. The zero-order chi connectivity index (χ0) is 18.5. The van der Waals surface area contributed by atoms with Crippen LogP contribution < -0.4 is 10.2 Å². The lowest BCUT2D eigenvalue weighted by molar-refractivity contribution is -0.119. The van der Waals surface area contributed by atoms with E-state index >= 15 is 0 Å². The van der Waals surface area contributed by atoms with Gasteiger partial charge in [-0.3, -0.25) is 9.69 Å². The predicted octanol–water partition coefficient (Wildman–Crippen LogP) is 3.60. The van der Waals surface area contributed by atoms with E-state index in [4.69, 9.17) is 23.2 Å². The monoisotopic (exact) mass is 398 g/mol. The van der Waals surface area contributed by atoms with Crippen LogP contribution in [0.1, 0.15) is 39.0 Å². The minimum absolute atomic E-state index is 0.0990. The predicted molar refractivity (Wildman–Crippen MR) is 107 cm³/mol. The standard InChI is InChI=1S/C19H28Cl2N4O/c1-14(26)23-16-4-2-15(3-5-16)7-9-24-10-12-25(13-11-24)17-6-8-22-19(21)18(17)20/h6,8,15-16H,2-5,7,9-13H2,1H3,(H,23,26). The molecule has 0 bridgehead atoms. The lowest BCUT2D eigenvalue weighted by Crippen LogP contribution is -2.47. The van der Waals surface area contributed by atoms with Gasteiger partial charge >= 0.3 is 0 Å². The number of aromatic nitrogens is 1. The number of carbonyl (C=O) groups is 1. The van der Waals surface area contributed by atoms with Gasteiger partial charge in [0.2, 0.25) is 5.91 Å². The van der Waals surface area contributed by atoms with Crippen LogP contribution in [0.4, 0.5) is 5.69 Å². The first-order chi connectivity index (χ1) is 12.5. The zero-order valence-corrected chi connectivity index (χ0v) is 16.9. The number of halogens is 2. The first-order valence-electron chi connectivity index (χ1n) is 9.57. The van der Waals surface area contributed by atoms with Gasteiger partial charge in [-0.05, 0) is 50.6 Å². The average Bonchev–Trinajstić information content (AvgIpc) is 2.63. The van der Waals surface area contributed by atoms with Crippen LogP contribution >= 0.6 is 23.2 Å². The molecule has 1 aromatic heterocycles. The highest BCUT2D eigenvalue weighted by molar-refractivity contribution is 6.42. The third-order valence-electron chi connectivity index (χ3n) is 5.65. The quantitative estimate of drug-likeness (QED) is 0.769. The third-order valence-corrected chi connectivity index (χ3v) is 6.40. The van der Waals surface area contributed by atoms with Crippen molar-refractivity contribution in [3.63, 3.8) is 0 Å². The number of carbonyl (C=O) groups excluding carboxylic acids is 1. The molecule has 5 nitrogen and oxygen atoms in total. The van der Waals surface area contributed by atoms with Crippen LogP contribution in [0.25, 0.3) is 0 Å². The average molecular weight is 399 g/mol. The van der Waals surface area contributed by atoms with Crippen molar-refractivity contribution in [3.8, 4) is 0 Å². The molecule has 1 saturated carbocycles. The fourth-order valence-electron chi connectivity index (χ4n) is 4.11. The Balaban J connectivity index is 1.38. The smallest absolute Gasteiger partial charge is 0.217 e. The van der Waals surface area contributed by atoms with Crippen LogP contribution in [-0.4, -0.2) is 54.6 Å². The summed E-state index contributed by atoms with van der Waals surface area (Å²) >= 11 is 12.3. The van der Waals surface area contributed by atoms with Crippen LogP contribution in [0, 0.1) is 5.92 Å². The Kier molecular flexibility index (Phi) is 7.01. The Labute approximate surface area is 166 Å². The topological polar surface area (TPSA) is 48.5 Å². The van der Waals surface area contributed by atoms with Crippen molar-refractivity contribution in [2.75, 3.05) is 37.6 Å². The van der Waals surface area contributed by atoms with Crippen molar-refractivity contribution in [3.05, 3.63) is 22.4 Å². The van der Waals surface area contributed by atoms with Crippen LogP contribution in [0.3, 0.4) is 0 Å². The summed E-state index contributed by atoms with van der Waals surface area (Å²) in [6, 6.07) is 2.33. The van der Waals surface area contributed by atoms with E-state index in [-0.39, 0.29) is 5.91 Å². The summed E-state index contributed by atoms with van der Waals surface area (Å²) in [4.78, 5) is 20.0. The lowest BCUT2D eigenvalue weighted by atomic mass is 9.84. The van der Waals surface area contributed by atoms with Gasteiger partial charge in [0.25, 0.3) is 0 Å². The second kappa shape index (κ2) is 9.25. The Morgan fingerprint density at radius 3 is 2.54 bits per heavy atom. The number of amides is 1. The first-order valence-corrected chi connectivity index (χ1v) is 10.3. The van der Waals surface area contributed by atoms with E-state index in [0.717, 1.165) is 57.2 Å². The van der Waals surface area contributed by atoms with Crippen LogP contribution in [0.2, 0.25) is 10.2 Å². The molecular weight excluding hydrogens is 371 g/mol. The molecule has 1 amide bonds. The summed E-state index contributed by atoms with van der Waals surface area (Å²) in [6.07, 6.45) is 7.69. The van der Waals surface area contributed by atoms with Crippen molar-refractivity contribution >= 4 is 34.8 Å². The van der Waals surface area contributed by atoms with E-state index in [1.807, 2.05) is 6.07 Å².